The number of hydrogen-bond donors (Lipinski definition) is 1. The molecule has 212 valence electrons. The highest BCUT2D eigenvalue weighted by Crippen LogP contribution is 2.38. The van der Waals surface area contributed by atoms with Gasteiger partial charge in [-0.2, -0.15) is 13.2 Å². The summed E-state index contributed by atoms with van der Waals surface area (Å²) >= 11 is 7.29. The molecule has 41 heavy (non-hydrogen) atoms. The average molecular weight is 603 g/mol. The number of rotatable bonds is 5. The first kappa shape index (κ1) is 28.4. The molecule has 0 aromatic carbocycles. The number of aromatic nitrogens is 4. The smallest absolute Gasteiger partial charge is 0.417 e. The molecule has 0 saturated heterocycles. The summed E-state index contributed by atoms with van der Waals surface area (Å²) in [5.74, 6) is -0.668. The molecule has 4 aromatic heterocycles. The molecule has 0 aliphatic carbocycles. The molecule has 0 saturated carbocycles. The molecule has 2 amide bonds. The van der Waals surface area contributed by atoms with Gasteiger partial charge < -0.3 is 9.64 Å². The number of pyridine rings is 3. The summed E-state index contributed by atoms with van der Waals surface area (Å²) < 4.78 is 46.1. The summed E-state index contributed by atoms with van der Waals surface area (Å²) in [6, 6.07) is 3.33. The second kappa shape index (κ2) is 10.7. The van der Waals surface area contributed by atoms with E-state index < -0.39 is 23.6 Å². The number of ether oxygens (including phenoxy) is 1. The number of aryl methyl sites for hydroxylation is 2. The van der Waals surface area contributed by atoms with Gasteiger partial charge in [-0.05, 0) is 44.0 Å². The molecule has 1 N–H and O–H groups in total. The molecule has 0 atom stereocenters. The van der Waals surface area contributed by atoms with E-state index in [4.69, 9.17) is 16.3 Å². The van der Waals surface area contributed by atoms with Crippen LogP contribution in [0, 0.1) is 20.8 Å². The minimum Gasteiger partial charge on any atom is -0.494 e. The van der Waals surface area contributed by atoms with Gasteiger partial charge in [-0.1, -0.05) is 22.9 Å². The fourth-order valence-corrected chi connectivity index (χ4v) is 5.83. The van der Waals surface area contributed by atoms with E-state index in [0.29, 0.717) is 38.3 Å². The Morgan fingerprint density at radius 3 is 2.49 bits per heavy atom. The molecular formula is C27H22ClF3N6O3S. The van der Waals surface area contributed by atoms with Crippen LogP contribution in [-0.2, 0) is 19.3 Å². The number of carbonyl (C=O) groups excluding carboxylic acids is 2. The second-order valence-electron chi connectivity index (χ2n) is 9.37. The monoisotopic (exact) mass is 602 g/mol. The molecule has 0 bridgehead atoms. The van der Waals surface area contributed by atoms with Crippen molar-refractivity contribution in [2.45, 2.75) is 40.0 Å². The summed E-state index contributed by atoms with van der Waals surface area (Å²) in [5, 5.41) is 3.32. The van der Waals surface area contributed by atoms with E-state index in [1.807, 2.05) is 0 Å². The molecule has 5 rings (SSSR count). The van der Waals surface area contributed by atoms with Gasteiger partial charge in [0.15, 0.2) is 5.13 Å². The van der Waals surface area contributed by atoms with Crippen molar-refractivity contribution >= 4 is 39.9 Å². The van der Waals surface area contributed by atoms with Crippen LogP contribution < -0.4 is 10.1 Å². The van der Waals surface area contributed by atoms with Gasteiger partial charge in [0.2, 0.25) is 0 Å². The molecule has 1 aliphatic rings. The van der Waals surface area contributed by atoms with Gasteiger partial charge in [-0.25, -0.2) is 9.97 Å². The lowest BCUT2D eigenvalue weighted by atomic mass is 10.0. The average Bonchev–Trinajstić information content (AvgIpc) is 3.46. The Bertz CT molecular complexity index is 1690. The van der Waals surface area contributed by atoms with Crippen LogP contribution in [0.5, 0.6) is 5.75 Å². The van der Waals surface area contributed by atoms with Crippen LogP contribution in [0.1, 0.15) is 53.8 Å². The third-order valence-corrected chi connectivity index (χ3v) is 7.79. The topological polar surface area (TPSA) is 110 Å². The number of fused-ring (bicyclic) bond motifs is 1. The van der Waals surface area contributed by atoms with Crippen molar-refractivity contribution in [2.24, 2.45) is 0 Å². The third kappa shape index (κ3) is 5.46. The molecular weight excluding hydrogens is 581 g/mol. The quantitative estimate of drug-likeness (QED) is 0.279. The van der Waals surface area contributed by atoms with Gasteiger partial charge in [-0.15, -0.1) is 0 Å². The number of methoxy groups -OCH3 is 1. The molecule has 0 radical (unpaired) electrons. The van der Waals surface area contributed by atoms with E-state index >= 15 is 0 Å². The standard InChI is InChI=1S/C27H22ClF3N6O3S/c1-12-7-34-23(14(3)22(12)27(29,30)31)25(39)37-10-18-20(11-37)41-26(35-18)36-24(38)17-8-32-13(2)5-15(17)16-6-21(28)33-9-19(16)40-4/h5-9H,10-11H2,1-4H3,(H,35,36,38). The molecule has 0 fully saturated rings. The largest absolute Gasteiger partial charge is 0.494 e. The summed E-state index contributed by atoms with van der Waals surface area (Å²) in [6.45, 7) is 4.54. The number of anilines is 1. The Kier molecular flexibility index (Phi) is 7.43. The molecule has 0 unspecified atom stereocenters. The zero-order valence-corrected chi connectivity index (χ0v) is 23.8. The number of nitrogens with zero attached hydrogens (tertiary/aromatic N) is 5. The van der Waals surface area contributed by atoms with Gasteiger partial charge in [0.1, 0.15) is 16.6 Å². The van der Waals surface area contributed by atoms with Crippen molar-refractivity contribution in [3.8, 4) is 16.9 Å². The molecule has 4 aromatic rings. The number of carbonyl (C=O) groups is 2. The highest BCUT2D eigenvalue weighted by atomic mass is 35.5. The highest BCUT2D eigenvalue weighted by Gasteiger charge is 2.38. The number of amides is 2. The van der Waals surface area contributed by atoms with Gasteiger partial charge in [0.25, 0.3) is 11.8 Å². The van der Waals surface area contributed by atoms with Crippen LogP contribution in [0.4, 0.5) is 18.3 Å². The Labute approximate surface area is 241 Å². The van der Waals surface area contributed by atoms with E-state index in [0.717, 1.165) is 6.20 Å². The maximum absolute atomic E-state index is 13.5. The lowest BCUT2D eigenvalue weighted by Crippen LogP contribution is -2.28. The fraction of sp³-hybridized carbons (Fsp3) is 0.259. The van der Waals surface area contributed by atoms with Crippen LogP contribution in [0.2, 0.25) is 5.15 Å². The normalized spacial score (nSPS) is 12.8. The van der Waals surface area contributed by atoms with E-state index in [1.165, 1.54) is 49.6 Å². The summed E-state index contributed by atoms with van der Waals surface area (Å²) in [7, 11) is 1.48. The molecule has 5 heterocycles. The fourth-order valence-electron chi connectivity index (χ4n) is 4.69. The Hall–Kier alpha value is -4.10. The van der Waals surface area contributed by atoms with Gasteiger partial charge in [0.05, 0.1) is 48.1 Å². The minimum absolute atomic E-state index is 0.0495. The van der Waals surface area contributed by atoms with E-state index in [9.17, 15) is 22.8 Å². The Morgan fingerprint density at radius 1 is 1.05 bits per heavy atom. The van der Waals surface area contributed by atoms with Crippen molar-refractivity contribution in [3.05, 3.63) is 80.1 Å². The third-order valence-electron chi connectivity index (χ3n) is 6.59. The van der Waals surface area contributed by atoms with E-state index in [1.54, 1.807) is 19.1 Å². The van der Waals surface area contributed by atoms with Crippen molar-refractivity contribution in [1.82, 2.24) is 24.8 Å². The van der Waals surface area contributed by atoms with Gasteiger partial charge in [-0.3, -0.25) is 24.9 Å². The number of thiazole rings is 1. The lowest BCUT2D eigenvalue weighted by Gasteiger charge is -2.19. The zero-order chi connectivity index (χ0) is 29.6. The number of hydrogen-bond acceptors (Lipinski definition) is 8. The maximum Gasteiger partial charge on any atom is 0.417 e. The van der Waals surface area contributed by atoms with Crippen LogP contribution in [0.25, 0.3) is 11.1 Å². The first-order chi connectivity index (χ1) is 19.4. The van der Waals surface area contributed by atoms with Crippen LogP contribution in [0.15, 0.2) is 30.7 Å². The van der Waals surface area contributed by atoms with Crippen molar-refractivity contribution in [2.75, 3.05) is 12.4 Å². The lowest BCUT2D eigenvalue weighted by molar-refractivity contribution is -0.138. The minimum atomic E-state index is -4.61. The van der Waals surface area contributed by atoms with Crippen molar-refractivity contribution in [3.63, 3.8) is 0 Å². The zero-order valence-electron chi connectivity index (χ0n) is 22.2. The summed E-state index contributed by atoms with van der Waals surface area (Å²) in [6.07, 6.45) is -0.636. The molecule has 0 spiro atoms. The van der Waals surface area contributed by atoms with Crippen molar-refractivity contribution < 1.29 is 27.5 Å². The molecule has 14 heteroatoms. The molecule has 9 nitrogen and oxygen atoms in total. The summed E-state index contributed by atoms with van der Waals surface area (Å²) in [5.41, 5.74) is 1.20. The van der Waals surface area contributed by atoms with Gasteiger partial charge >= 0.3 is 6.18 Å². The number of halogens is 4. The number of nitrogens with one attached hydrogen (secondary N) is 1. The first-order valence-electron chi connectivity index (χ1n) is 12.2. The number of alkyl halides is 3. The van der Waals surface area contributed by atoms with Crippen LogP contribution in [0.3, 0.4) is 0 Å². The highest BCUT2D eigenvalue weighted by molar-refractivity contribution is 7.16. The van der Waals surface area contributed by atoms with E-state index in [2.05, 4.69) is 25.3 Å². The van der Waals surface area contributed by atoms with E-state index in [-0.39, 0.29) is 40.6 Å². The second-order valence-corrected chi connectivity index (χ2v) is 10.8. The van der Waals surface area contributed by atoms with Crippen molar-refractivity contribution in [1.29, 1.82) is 0 Å². The van der Waals surface area contributed by atoms with Crippen LogP contribution >= 0.6 is 22.9 Å². The maximum atomic E-state index is 13.5. The summed E-state index contributed by atoms with van der Waals surface area (Å²) in [4.78, 5) is 45.3. The predicted molar refractivity (Wildman–Crippen MR) is 146 cm³/mol. The Morgan fingerprint density at radius 2 is 1.80 bits per heavy atom. The first-order valence-corrected chi connectivity index (χ1v) is 13.4. The van der Waals surface area contributed by atoms with Gasteiger partial charge in [0, 0.05) is 29.2 Å². The molecule has 1 aliphatic heterocycles. The Balaban J connectivity index is 1.36. The SMILES string of the molecule is COc1cnc(Cl)cc1-c1cc(C)ncc1C(=O)Nc1nc2c(s1)CN(C(=O)c1ncc(C)c(C(F)(F)F)c1C)C2. The van der Waals surface area contributed by atoms with Crippen LogP contribution in [-0.4, -0.2) is 43.8 Å². The predicted octanol–water partition coefficient (Wildman–Crippen LogP) is 6.01.